The fourth-order valence-electron chi connectivity index (χ4n) is 2.12. The minimum Gasteiger partial charge on any atom is -0.441 e. The molecule has 4 nitrogen and oxygen atoms in total. The van der Waals surface area contributed by atoms with E-state index in [0.29, 0.717) is 25.6 Å². The summed E-state index contributed by atoms with van der Waals surface area (Å²) in [5, 5.41) is 0. The molecule has 2 aromatic rings. The van der Waals surface area contributed by atoms with Crippen LogP contribution in [0.3, 0.4) is 0 Å². The van der Waals surface area contributed by atoms with Crippen LogP contribution in [0.2, 0.25) is 0 Å². The molecule has 0 bridgehead atoms. The van der Waals surface area contributed by atoms with Crippen molar-refractivity contribution in [3.05, 3.63) is 29.7 Å². The van der Waals surface area contributed by atoms with Crippen molar-refractivity contribution < 1.29 is 9.15 Å². The zero-order valence-corrected chi connectivity index (χ0v) is 9.19. The highest BCUT2D eigenvalue weighted by Gasteiger charge is 2.39. The molecule has 3 rings (SSSR count). The van der Waals surface area contributed by atoms with E-state index in [9.17, 15) is 0 Å². The van der Waals surface area contributed by atoms with Crippen molar-refractivity contribution in [3.8, 4) is 0 Å². The predicted octanol–water partition coefficient (Wildman–Crippen LogP) is 1.36. The number of hydrogen-bond donors (Lipinski definition) is 1. The zero-order chi connectivity index (χ0) is 11.2. The fourth-order valence-corrected chi connectivity index (χ4v) is 2.12. The lowest BCUT2D eigenvalue weighted by atomic mass is 9.79. The Labute approximate surface area is 93.4 Å². The van der Waals surface area contributed by atoms with Crippen LogP contribution in [0.4, 0.5) is 0 Å². The molecule has 0 aliphatic carbocycles. The maximum absolute atomic E-state index is 5.82. The third-order valence-electron chi connectivity index (χ3n) is 3.26. The van der Waals surface area contributed by atoms with Crippen molar-refractivity contribution >= 4 is 11.1 Å². The number of rotatable bonds is 2. The van der Waals surface area contributed by atoms with Gasteiger partial charge in [0.15, 0.2) is 11.5 Å². The SMILES string of the molecule is Cc1nc2ccc(C3(CN)COC3)cc2o1. The number of oxazole rings is 1. The van der Waals surface area contributed by atoms with Gasteiger partial charge in [0.25, 0.3) is 0 Å². The lowest BCUT2D eigenvalue weighted by molar-refractivity contribution is -0.0549. The van der Waals surface area contributed by atoms with Crippen LogP contribution in [0.15, 0.2) is 22.6 Å². The predicted molar refractivity (Wildman–Crippen MR) is 60.3 cm³/mol. The molecule has 0 atom stereocenters. The summed E-state index contributed by atoms with van der Waals surface area (Å²) in [6.45, 7) is 3.85. The van der Waals surface area contributed by atoms with E-state index in [1.807, 2.05) is 19.1 Å². The monoisotopic (exact) mass is 218 g/mol. The number of nitrogens with two attached hydrogens (primary N) is 1. The summed E-state index contributed by atoms with van der Waals surface area (Å²) in [4.78, 5) is 4.28. The molecule has 0 radical (unpaired) electrons. The maximum Gasteiger partial charge on any atom is 0.192 e. The summed E-state index contributed by atoms with van der Waals surface area (Å²) in [7, 11) is 0. The molecule has 1 aromatic carbocycles. The van der Waals surface area contributed by atoms with Gasteiger partial charge in [0.05, 0.1) is 18.6 Å². The van der Waals surface area contributed by atoms with Gasteiger partial charge in [-0.25, -0.2) is 4.98 Å². The van der Waals surface area contributed by atoms with Crippen molar-refractivity contribution in [1.82, 2.24) is 4.98 Å². The molecule has 0 saturated carbocycles. The molecule has 0 unspecified atom stereocenters. The summed E-state index contributed by atoms with van der Waals surface area (Å²) in [6.07, 6.45) is 0. The number of ether oxygens (including phenoxy) is 1. The molecule has 2 N–H and O–H groups in total. The largest absolute Gasteiger partial charge is 0.441 e. The lowest BCUT2D eigenvalue weighted by Gasteiger charge is -2.40. The lowest BCUT2D eigenvalue weighted by Crippen LogP contribution is -2.52. The van der Waals surface area contributed by atoms with Crippen LogP contribution in [0.25, 0.3) is 11.1 Å². The molecule has 84 valence electrons. The average molecular weight is 218 g/mol. The van der Waals surface area contributed by atoms with Crippen LogP contribution in [0.5, 0.6) is 0 Å². The molecule has 2 heterocycles. The number of fused-ring (bicyclic) bond motifs is 1. The van der Waals surface area contributed by atoms with Gasteiger partial charge in [-0.05, 0) is 17.7 Å². The highest BCUT2D eigenvalue weighted by Crippen LogP contribution is 2.33. The number of aromatic nitrogens is 1. The maximum atomic E-state index is 5.82. The van der Waals surface area contributed by atoms with Gasteiger partial charge in [-0.2, -0.15) is 0 Å². The van der Waals surface area contributed by atoms with Crippen molar-refractivity contribution in [3.63, 3.8) is 0 Å². The summed E-state index contributed by atoms with van der Waals surface area (Å²) < 4.78 is 10.8. The van der Waals surface area contributed by atoms with Crippen LogP contribution >= 0.6 is 0 Å². The molecule has 1 aromatic heterocycles. The Hall–Kier alpha value is -1.39. The molecule has 0 amide bonds. The van der Waals surface area contributed by atoms with E-state index in [2.05, 4.69) is 11.1 Å². The first-order chi connectivity index (χ1) is 7.73. The number of aryl methyl sites for hydroxylation is 1. The van der Waals surface area contributed by atoms with Gasteiger partial charge in [-0.1, -0.05) is 6.07 Å². The summed E-state index contributed by atoms with van der Waals surface area (Å²) in [6, 6.07) is 6.08. The Morgan fingerprint density at radius 3 is 2.88 bits per heavy atom. The topological polar surface area (TPSA) is 61.3 Å². The Morgan fingerprint density at radius 1 is 1.44 bits per heavy atom. The molecule has 1 aliphatic heterocycles. The first-order valence-corrected chi connectivity index (χ1v) is 5.39. The van der Waals surface area contributed by atoms with Crippen molar-refractivity contribution in [2.24, 2.45) is 5.73 Å². The molecular formula is C12H14N2O2. The summed E-state index contributed by atoms with van der Waals surface area (Å²) >= 11 is 0. The molecule has 0 spiro atoms. The van der Waals surface area contributed by atoms with Gasteiger partial charge in [0.2, 0.25) is 0 Å². The van der Waals surface area contributed by atoms with Gasteiger partial charge in [0.1, 0.15) is 5.52 Å². The highest BCUT2D eigenvalue weighted by atomic mass is 16.5. The minimum atomic E-state index is -0.0190. The van der Waals surface area contributed by atoms with Crippen molar-refractivity contribution in [2.45, 2.75) is 12.3 Å². The number of hydrogen-bond acceptors (Lipinski definition) is 4. The van der Waals surface area contributed by atoms with Crippen molar-refractivity contribution in [1.29, 1.82) is 0 Å². The van der Waals surface area contributed by atoms with E-state index in [1.165, 1.54) is 5.56 Å². The normalized spacial score (nSPS) is 18.6. The Morgan fingerprint density at radius 2 is 2.25 bits per heavy atom. The van der Waals surface area contributed by atoms with Gasteiger partial charge in [-0.3, -0.25) is 0 Å². The first-order valence-electron chi connectivity index (χ1n) is 5.39. The fraction of sp³-hybridized carbons (Fsp3) is 0.417. The molecule has 16 heavy (non-hydrogen) atoms. The van der Waals surface area contributed by atoms with E-state index in [4.69, 9.17) is 14.9 Å². The standard InChI is InChI=1S/C12H14N2O2/c1-8-14-10-3-2-9(4-11(10)16-8)12(5-13)6-15-7-12/h2-4H,5-7,13H2,1H3. The van der Waals surface area contributed by atoms with E-state index in [0.717, 1.165) is 11.1 Å². The van der Waals surface area contributed by atoms with Gasteiger partial charge in [-0.15, -0.1) is 0 Å². The van der Waals surface area contributed by atoms with Gasteiger partial charge in [0, 0.05) is 13.5 Å². The third kappa shape index (κ3) is 1.27. The van der Waals surface area contributed by atoms with Crippen molar-refractivity contribution in [2.75, 3.05) is 19.8 Å². The molecule has 4 heteroatoms. The number of benzene rings is 1. The van der Waals surface area contributed by atoms with E-state index >= 15 is 0 Å². The van der Waals surface area contributed by atoms with Gasteiger partial charge >= 0.3 is 0 Å². The van der Waals surface area contributed by atoms with Gasteiger partial charge < -0.3 is 14.9 Å². The molecular weight excluding hydrogens is 204 g/mol. The second-order valence-corrected chi connectivity index (χ2v) is 4.39. The van der Waals surface area contributed by atoms with Crippen LogP contribution in [0.1, 0.15) is 11.5 Å². The summed E-state index contributed by atoms with van der Waals surface area (Å²) in [5.41, 5.74) is 8.72. The zero-order valence-electron chi connectivity index (χ0n) is 9.19. The van der Waals surface area contributed by atoms with E-state index < -0.39 is 0 Å². The van der Waals surface area contributed by atoms with E-state index in [-0.39, 0.29) is 5.41 Å². The smallest absolute Gasteiger partial charge is 0.192 e. The quantitative estimate of drug-likeness (QED) is 0.826. The highest BCUT2D eigenvalue weighted by molar-refractivity contribution is 5.73. The Bertz CT molecular complexity index is 523. The molecule has 1 saturated heterocycles. The van der Waals surface area contributed by atoms with Crippen LogP contribution in [-0.2, 0) is 10.2 Å². The molecule has 1 aliphatic rings. The van der Waals surface area contributed by atoms with Crippen LogP contribution in [-0.4, -0.2) is 24.7 Å². The van der Waals surface area contributed by atoms with Crippen LogP contribution in [0, 0.1) is 6.92 Å². The number of nitrogens with zero attached hydrogens (tertiary/aromatic N) is 1. The van der Waals surface area contributed by atoms with E-state index in [1.54, 1.807) is 0 Å². The average Bonchev–Trinajstić information content (AvgIpc) is 2.56. The second-order valence-electron chi connectivity index (χ2n) is 4.39. The Kier molecular flexibility index (Phi) is 2.02. The Balaban J connectivity index is 2.10. The minimum absolute atomic E-state index is 0.0190. The van der Waals surface area contributed by atoms with Crippen LogP contribution < -0.4 is 5.73 Å². The summed E-state index contributed by atoms with van der Waals surface area (Å²) in [5.74, 6) is 0.693. The first kappa shape index (κ1) is 9.81. The molecule has 1 fully saturated rings. The third-order valence-corrected chi connectivity index (χ3v) is 3.26. The second kappa shape index (κ2) is 3.30.